The second-order valence-electron chi connectivity index (χ2n) is 7.79. The van der Waals surface area contributed by atoms with Crippen molar-refractivity contribution in [2.24, 2.45) is 0 Å². The van der Waals surface area contributed by atoms with E-state index >= 15 is 4.57 Å². The molecule has 2 aliphatic rings. The summed E-state index contributed by atoms with van der Waals surface area (Å²) >= 11 is 7.13. The van der Waals surface area contributed by atoms with E-state index in [9.17, 15) is 5.26 Å². The molecule has 3 aromatic carbocycles. The summed E-state index contributed by atoms with van der Waals surface area (Å²) in [5.41, 5.74) is 1.77. The monoisotopic (exact) mass is 415 g/mol. The average Bonchev–Trinajstić information content (AvgIpc) is 3.16. The fourth-order valence-corrected chi connectivity index (χ4v) is 10.9. The topological polar surface area (TPSA) is 40.9 Å². The Hall–Kier alpha value is -2.59. The Labute approximate surface area is 175 Å². The molecule has 0 aromatic heterocycles. The van der Waals surface area contributed by atoms with E-state index in [1.165, 1.54) is 0 Å². The van der Waals surface area contributed by atoms with Crippen LogP contribution in [-0.4, -0.2) is 4.87 Å². The molecule has 4 atom stereocenters. The first-order valence-corrected chi connectivity index (χ1v) is 11.7. The zero-order valence-corrected chi connectivity index (χ0v) is 17.4. The third kappa shape index (κ3) is 2.05. The minimum Gasteiger partial charge on any atom is -0.316 e. The van der Waals surface area contributed by atoms with Crippen LogP contribution in [0.4, 0.5) is 0 Å². The molecular formula is C25H19ClNOP. The van der Waals surface area contributed by atoms with Gasteiger partial charge in [0.1, 0.15) is 12.3 Å². The van der Waals surface area contributed by atoms with Crippen molar-refractivity contribution >= 4 is 24.0 Å². The predicted molar refractivity (Wildman–Crippen MR) is 118 cm³/mol. The van der Waals surface area contributed by atoms with Gasteiger partial charge in [0.2, 0.25) is 0 Å². The van der Waals surface area contributed by atoms with Crippen molar-refractivity contribution in [2.75, 3.05) is 0 Å². The molecule has 2 nitrogen and oxygen atoms in total. The van der Waals surface area contributed by atoms with Crippen molar-refractivity contribution < 1.29 is 4.57 Å². The predicted octanol–water partition coefficient (Wildman–Crippen LogP) is 5.94. The van der Waals surface area contributed by atoms with Gasteiger partial charge in [0.15, 0.2) is 4.87 Å². The van der Waals surface area contributed by atoms with E-state index in [4.69, 9.17) is 11.6 Å². The fraction of sp³-hybridized carbons (Fsp3) is 0.160. The number of benzene rings is 3. The third-order valence-electron chi connectivity index (χ3n) is 6.56. The number of alkyl halides is 1. The van der Waals surface area contributed by atoms with E-state index in [0.717, 1.165) is 16.4 Å². The molecule has 4 unspecified atom stereocenters. The van der Waals surface area contributed by atoms with Crippen LogP contribution in [0.1, 0.15) is 17.5 Å². The standard InChI is InChI=1S/C25H19ClNOP/c26-24(19-27)18-23(20-10-4-1-5-11-20)16-17-25(24,21-12-6-2-7-13-21)29(23,28)22-14-8-3-9-15-22/h1-17H,18H2. The van der Waals surface area contributed by atoms with Crippen molar-refractivity contribution in [2.45, 2.75) is 21.6 Å². The minimum atomic E-state index is -3.30. The van der Waals surface area contributed by atoms with Crippen LogP contribution >= 0.6 is 18.7 Å². The highest BCUT2D eigenvalue weighted by molar-refractivity contribution is 7.75. The van der Waals surface area contributed by atoms with Crippen LogP contribution < -0.4 is 5.30 Å². The number of nitrogens with zero attached hydrogens (tertiary/aromatic N) is 1. The molecule has 0 aliphatic carbocycles. The van der Waals surface area contributed by atoms with Crippen LogP contribution in [-0.2, 0) is 14.9 Å². The Bertz CT molecular complexity index is 1190. The lowest BCUT2D eigenvalue weighted by molar-refractivity contribution is 0.523. The van der Waals surface area contributed by atoms with Crippen molar-refractivity contribution in [1.82, 2.24) is 0 Å². The molecule has 1 saturated heterocycles. The van der Waals surface area contributed by atoms with Crippen LogP contribution in [0.5, 0.6) is 0 Å². The van der Waals surface area contributed by atoms with E-state index in [1.807, 2.05) is 97.1 Å². The van der Waals surface area contributed by atoms with Gasteiger partial charge in [-0.1, -0.05) is 103 Å². The molecule has 3 aromatic rings. The van der Waals surface area contributed by atoms with Gasteiger partial charge in [0.25, 0.3) is 0 Å². The lowest BCUT2D eigenvalue weighted by atomic mass is 9.74. The van der Waals surface area contributed by atoms with E-state index < -0.39 is 22.3 Å². The smallest absolute Gasteiger partial charge is 0.152 e. The Kier molecular flexibility index (Phi) is 3.94. The molecule has 0 N–H and O–H groups in total. The number of fused-ring (bicyclic) bond motifs is 2. The van der Waals surface area contributed by atoms with Crippen molar-refractivity contribution in [3.8, 4) is 6.07 Å². The van der Waals surface area contributed by atoms with E-state index in [1.54, 1.807) is 0 Å². The summed E-state index contributed by atoms with van der Waals surface area (Å²) in [6.45, 7) is 0. The zero-order valence-electron chi connectivity index (χ0n) is 15.7. The highest BCUT2D eigenvalue weighted by Crippen LogP contribution is 2.88. The third-order valence-corrected chi connectivity index (χ3v) is 11.7. The molecule has 0 amide bonds. The minimum absolute atomic E-state index is 0.305. The van der Waals surface area contributed by atoms with Crippen LogP contribution in [0.25, 0.3) is 0 Å². The van der Waals surface area contributed by atoms with Gasteiger partial charge in [0.05, 0.1) is 11.2 Å². The molecule has 0 spiro atoms. The lowest BCUT2D eigenvalue weighted by Gasteiger charge is -2.39. The maximum atomic E-state index is 15.5. The summed E-state index contributed by atoms with van der Waals surface area (Å²) in [6, 6.07) is 31.5. The molecular weight excluding hydrogens is 397 g/mol. The van der Waals surface area contributed by atoms with E-state index in [0.29, 0.717) is 6.42 Å². The second-order valence-corrected chi connectivity index (χ2v) is 11.7. The first-order valence-electron chi connectivity index (χ1n) is 9.62. The maximum absolute atomic E-state index is 15.5. The summed E-state index contributed by atoms with van der Waals surface area (Å²) < 4.78 is 15.5. The van der Waals surface area contributed by atoms with Gasteiger partial charge in [-0.25, -0.2) is 0 Å². The maximum Gasteiger partial charge on any atom is 0.152 e. The van der Waals surface area contributed by atoms with E-state index in [-0.39, 0.29) is 0 Å². The molecule has 2 bridgehead atoms. The fourth-order valence-electron chi connectivity index (χ4n) is 5.34. The van der Waals surface area contributed by atoms with Gasteiger partial charge >= 0.3 is 0 Å². The number of halogens is 1. The van der Waals surface area contributed by atoms with E-state index in [2.05, 4.69) is 12.1 Å². The van der Waals surface area contributed by atoms with Crippen LogP contribution in [0.15, 0.2) is 103 Å². The number of rotatable bonds is 3. The van der Waals surface area contributed by atoms with Gasteiger partial charge in [-0.15, -0.1) is 11.6 Å². The quantitative estimate of drug-likeness (QED) is 0.301. The molecule has 29 heavy (non-hydrogen) atoms. The van der Waals surface area contributed by atoms with Gasteiger partial charge in [-0.05, 0) is 11.1 Å². The average molecular weight is 416 g/mol. The molecule has 5 rings (SSSR count). The molecule has 0 radical (unpaired) electrons. The second kappa shape index (κ2) is 6.20. The highest BCUT2D eigenvalue weighted by atomic mass is 35.5. The van der Waals surface area contributed by atoms with Crippen molar-refractivity contribution in [1.29, 1.82) is 5.26 Å². The van der Waals surface area contributed by atoms with Gasteiger partial charge in [0, 0.05) is 11.7 Å². The summed E-state index contributed by atoms with van der Waals surface area (Å²) in [6.07, 6.45) is 4.32. The number of hydrogen-bond acceptors (Lipinski definition) is 2. The van der Waals surface area contributed by atoms with Crippen LogP contribution in [0, 0.1) is 11.3 Å². The largest absolute Gasteiger partial charge is 0.316 e. The summed E-state index contributed by atoms with van der Waals surface area (Å²) in [5, 5.41) is 9.13. The summed E-state index contributed by atoms with van der Waals surface area (Å²) in [5.74, 6) is 0. The van der Waals surface area contributed by atoms with Crippen molar-refractivity contribution in [3.05, 3.63) is 114 Å². The molecule has 142 valence electrons. The van der Waals surface area contributed by atoms with Gasteiger partial charge < -0.3 is 4.57 Å². The van der Waals surface area contributed by atoms with Crippen molar-refractivity contribution in [3.63, 3.8) is 0 Å². The number of hydrogen-bond donors (Lipinski definition) is 0. The molecule has 0 saturated carbocycles. The molecule has 2 heterocycles. The Balaban J connectivity index is 1.93. The van der Waals surface area contributed by atoms with Gasteiger partial charge in [-0.3, -0.25) is 0 Å². The Morgan fingerprint density at radius 2 is 1.31 bits per heavy atom. The van der Waals surface area contributed by atoms with Crippen LogP contribution in [0.2, 0.25) is 0 Å². The molecule has 2 aliphatic heterocycles. The van der Waals surface area contributed by atoms with Crippen LogP contribution in [0.3, 0.4) is 0 Å². The lowest BCUT2D eigenvalue weighted by Crippen LogP contribution is -2.41. The molecule has 1 fully saturated rings. The first kappa shape index (κ1) is 18.4. The normalized spacial score (nSPS) is 34.8. The summed E-state index contributed by atoms with van der Waals surface area (Å²) in [4.78, 5) is -1.32. The zero-order chi connectivity index (χ0) is 20.2. The Morgan fingerprint density at radius 3 is 1.86 bits per heavy atom. The Morgan fingerprint density at radius 1 is 0.793 bits per heavy atom. The first-order chi connectivity index (χ1) is 14.0. The number of allylic oxidation sites excluding steroid dienone is 2. The SMILES string of the molecule is N#CC1(Cl)CC2(c3ccccc3)C=CC1(c1ccccc1)P2(=O)c1ccccc1. The molecule has 4 heteroatoms. The van der Waals surface area contributed by atoms with Gasteiger partial charge in [-0.2, -0.15) is 5.26 Å². The highest BCUT2D eigenvalue weighted by Gasteiger charge is 2.79. The summed E-state index contributed by atoms with van der Waals surface area (Å²) in [7, 11) is -3.30. The number of nitriles is 1.